The molecule has 5 nitrogen and oxygen atoms in total. The van der Waals surface area contributed by atoms with Gasteiger partial charge in [0.05, 0.1) is 12.9 Å². The first-order chi connectivity index (χ1) is 12.7. The molecule has 0 bridgehead atoms. The minimum Gasteiger partial charge on any atom is -0.499 e. The number of hydrogen-bond acceptors (Lipinski definition) is 5. The van der Waals surface area contributed by atoms with E-state index in [-0.39, 0.29) is 13.2 Å². The van der Waals surface area contributed by atoms with E-state index >= 15 is 0 Å². The molecule has 0 aliphatic carbocycles. The van der Waals surface area contributed by atoms with Gasteiger partial charge >= 0.3 is 0 Å². The molecule has 0 spiro atoms. The summed E-state index contributed by atoms with van der Waals surface area (Å²) in [6, 6.07) is 0. The second-order valence-corrected chi connectivity index (χ2v) is 7.45. The number of hydrogen-bond donors (Lipinski definition) is 3. The van der Waals surface area contributed by atoms with Crippen LogP contribution in [0.2, 0.25) is 0 Å². The summed E-state index contributed by atoms with van der Waals surface area (Å²) in [5, 5.41) is 28.9. The molecule has 0 saturated carbocycles. The summed E-state index contributed by atoms with van der Waals surface area (Å²) in [4.78, 5) is 0. The van der Waals surface area contributed by atoms with Gasteiger partial charge in [-0.2, -0.15) is 0 Å². The van der Waals surface area contributed by atoms with Gasteiger partial charge in [0.2, 0.25) is 0 Å². The van der Waals surface area contributed by atoms with E-state index in [9.17, 15) is 15.3 Å². The highest BCUT2D eigenvalue weighted by molar-refractivity contribution is 4.88. The molecule has 1 rings (SSSR count). The Balaban J connectivity index is 1.85. The zero-order valence-corrected chi connectivity index (χ0v) is 16.5. The molecule has 1 heterocycles. The summed E-state index contributed by atoms with van der Waals surface area (Å²) in [7, 11) is 0. The molecule has 0 aromatic rings. The molecule has 0 radical (unpaired) electrons. The van der Waals surface area contributed by atoms with Crippen molar-refractivity contribution in [3.05, 3.63) is 12.3 Å². The van der Waals surface area contributed by atoms with Crippen molar-refractivity contribution in [2.75, 3.05) is 13.2 Å². The molecular weight excluding hydrogens is 332 g/mol. The Morgan fingerprint density at radius 3 is 2.08 bits per heavy atom. The lowest BCUT2D eigenvalue weighted by Gasteiger charge is -2.20. The van der Waals surface area contributed by atoms with Crippen LogP contribution in [0.4, 0.5) is 0 Å². The molecule has 0 amide bonds. The molecule has 1 saturated heterocycles. The smallest absolute Gasteiger partial charge is 0.117 e. The number of allylic oxidation sites excluding steroid dienone is 1. The fourth-order valence-electron chi connectivity index (χ4n) is 3.28. The zero-order valence-electron chi connectivity index (χ0n) is 16.5. The van der Waals surface area contributed by atoms with Crippen molar-refractivity contribution in [2.24, 2.45) is 0 Å². The molecule has 0 aromatic carbocycles. The number of ether oxygens (including phenoxy) is 2. The minimum atomic E-state index is -1.05. The first-order valence-electron chi connectivity index (χ1n) is 10.6. The van der Waals surface area contributed by atoms with Crippen LogP contribution in [0.25, 0.3) is 0 Å². The van der Waals surface area contributed by atoms with Gasteiger partial charge in [-0.3, -0.25) is 0 Å². The van der Waals surface area contributed by atoms with Crippen LogP contribution in [0.3, 0.4) is 0 Å². The highest BCUT2D eigenvalue weighted by Gasteiger charge is 2.39. The van der Waals surface area contributed by atoms with Gasteiger partial charge in [0.25, 0.3) is 0 Å². The second-order valence-electron chi connectivity index (χ2n) is 7.45. The van der Waals surface area contributed by atoms with Crippen LogP contribution in [0.5, 0.6) is 0 Å². The largest absolute Gasteiger partial charge is 0.499 e. The van der Waals surface area contributed by atoms with Crippen molar-refractivity contribution < 1.29 is 24.8 Å². The van der Waals surface area contributed by atoms with Crippen LogP contribution < -0.4 is 0 Å². The normalized spacial score (nSPS) is 24.4. The Kier molecular flexibility index (Phi) is 13.9. The Morgan fingerprint density at radius 2 is 1.54 bits per heavy atom. The van der Waals surface area contributed by atoms with E-state index in [0.717, 1.165) is 12.8 Å². The number of unbranched alkanes of at least 4 members (excludes halogenated alkanes) is 11. The van der Waals surface area contributed by atoms with Crippen LogP contribution >= 0.6 is 0 Å². The van der Waals surface area contributed by atoms with Crippen LogP contribution in [-0.2, 0) is 9.47 Å². The van der Waals surface area contributed by atoms with Gasteiger partial charge in [0.1, 0.15) is 31.0 Å². The SMILES string of the molecule is CCCCCCCCCCCCC/C=C/OC[C@H](O)[C@H]1OC[C@@H](O)[C@H]1O. The van der Waals surface area contributed by atoms with Gasteiger partial charge in [-0.25, -0.2) is 0 Å². The van der Waals surface area contributed by atoms with Gasteiger partial charge in [0.15, 0.2) is 0 Å². The van der Waals surface area contributed by atoms with Crippen molar-refractivity contribution in [1.82, 2.24) is 0 Å². The van der Waals surface area contributed by atoms with E-state index in [2.05, 4.69) is 6.92 Å². The number of rotatable bonds is 16. The van der Waals surface area contributed by atoms with Crippen LogP contribution in [0.1, 0.15) is 84.0 Å². The summed E-state index contributed by atoms with van der Waals surface area (Å²) < 4.78 is 10.4. The van der Waals surface area contributed by atoms with Gasteiger partial charge in [-0.05, 0) is 18.9 Å². The van der Waals surface area contributed by atoms with Gasteiger partial charge in [-0.15, -0.1) is 0 Å². The van der Waals surface area contributed by atoms with Crippen LogP contribution in [0.15, 0.2) is 12.3 Å². The van der Waals surface area contributed by atoms with Gasteiger partial charge in [-0.1, -0.05) is 71.1 Å². The average Bonchev–Trinajstić information content (AvgIpc) is 2.97. The highest BCUT2D eigenvalue weighted by atomic mass is 16.5. The fraction of sp³-hybridized carbons (Fsp3) is 0.905. The molecule has 5 heteroatoms. The summed E-state index contributed by atoms with van der Waals surface area (Å²) in [5.41, 5.74) is 0. The van der Waals surface area contributed by atoms with Crippen LogP contribution in [0, 0.1) is 0 Å². The van der Waals surface area contributed by atoms with Crippen molar-refractivity contribution in [1.29, 1.82) is 0 Å². The average molecular weight is 373 g/mol. The van der Waals surface area contributed by atoms with E-state index in [0.29, 0.717) is 0 Å². The summed E-state index contributed by atoms with van der Waals surface area (Å²) in [6.45, 7) is 2.37. The summed E-state index contributed by atoms with van der Waals surface area (Å²) in [6.07, 6.45) is 15.6. The monoisotopic (exact) mass is 372 g/mol. The molecule has 0 unspecified atom stereocenters. The van der Waals surface area contributed by atoms with Crippen LogP contribution in [-0.4, -0.2) is 52.9 Å². The molecular formula is C21H40O5. The first kappa shape index (κ1) is 23.4. The zero-order chi connectivity index (χ0) is 19.0. The molecule has 1 aliphatic rings. The third kappa shape index (κ3) is 10.5. The van der Waals surface area contributed by atoms with Crippen molar-refractivity contribution in [2.45, 2.75) is 108 Å². The third-order valence-electron chi connectivity index (χ3n) is 5.00. The minimum absolute atomic E-state index is 0.0532. The topological polar surface area (TPSA) is 79.2 Å². The lowest BCUT2D eigenvalue weighted by Crippen LogP contribution is -2.40. The summed E-state index contributed by atoms with van der Waals surface area (Å²) >= 11 is 0. The lowest BCUT2D eigenvalue weighted by molar-refractivity contribution is -0.0703. The predicted octanol–water partition coefficient (Wildman–Crippen LogP) is 3.70. The van der Waals surface area contributed by atoms with Crippen molar-refractivity contribution in [3.8, 4) is 0 Å². The Bertz CT molecular complexity index is 347. The van der Waals surface area contributed by atoms with E-state index in [1.807, 2.05) is 6.08 Å². The highest BCUT2D eigenvalue weighted by Crippen LogP contribution is 2.18. The van der Waals surface area contributed by atoms with E-state index in [1.54, 1.807) is 6.26 Å². The predicted molar refractivity (Wildman–Crippen MR) is 104 cm³/mol. The molecule has 3 N–H and O–H groups in total. The Hall–Kier alpha value is -0.620. The maximum Gasteiger partial charge on any atom is 0.117 e. The second kappa shape index (κ2) is 15.4. The molecule has 1 fully saturated rings. The lowest BCUT2D eigenvalue weighted by atomic mass is 10.1. The molecule has 0 aromatic heterocycles. The Labute approximate surface area is 159 Å². The van der Waals surface area contributed by atoms with Crippen molar-refractivity contribution >= 4 is 0 Å². The summed E-state index contributed by atoms with van der Waals surface area (Å²) in [5.74, 6) is 0. The molecule has 4 atom stereocenters. The number of aliphatic hydroxyl groups is 3. The van der Waals surface area contributed by atoms with Crippen molar-refractivity contribution in [3.63, 3.8) is 0 Å². The maximum atomic E-state index is 9.89. The number of aliphatic hydroxyl groups excluding tert-OH is 3. The van der Waals surface area contributed by atoms with E-state index in [4.69, 9.17) is 9.47 Å². The Morgan fingerprint density at radius 1 is 0.962 bits per heavy atom. The van der Waals surface area contributed by atoms with E-state index < -0.39 is 24.4 Å². The third-order valence-corrected chi connectivity index (χ3v) is 5.00. The molecule has 1 aliphatic heterocycles. The first-order valence-corrected chi connectivity index (χ1v) is 10.6. The quantitative estimate of drug-likeness (QED) is 0.284. The van der Waals surface area contributed by atoms with Gasteiger partial charge in [0, 0.05) is 0 Å². The maximum absolute atomic E-state index is 9.89. The molecule has 26 heavy (non-hydrogen) atoms. The fourth-order valence-corrected chi connectivity index (χ4v) is 3.28. The van der Waals surface area contributed by atoms with E-state index in [1.165, 1.54) is 64.2 Å². The van der Waals surface area contributed by atoms with Gasteiger partial charge < -0.3 is 24.8 Å². The molecule has 154 valence electrons. The standard InChI is InChI=1S/C21H40O5/c1-2-3-4-5-6-7-8-9-10-11-12-13-14-15-25-16-19(23)21-20(24)18(22)17-26-21/h14-15,18-24H,2-13,16-17H2,1H3/b15-14+/t18-,19+,20-,21-/m1/s1.